The van der Waals surface area contributed by atoms with E-state index in [1.807, 2.05) is 0 Å². The zero-order valence-corrected chi connectivity index (χ0v) is 30.8. The molecule has 0 aliphatic carbocycles. The molecule has 0 saturated carbocycles. The van der Waals surface area contributed by atoms with Gasteiger partial charge in [0.2, 0.25) is 11.8 Å². The van der Waals surface area contributed by atoms with E-state index in [0.717, 1.165) is 0 Å². The Bertz CT molecular complexity index is 1140. The number of hydrazine groups is 1. The minimum atomic E-state index is -1.16. The van der Waals surface area contributed by atoms with Crippen LogP contribution in [-0.4, -0.2) is 220 Å². The first-order valence-electron chi connectivity index (χ1n) is 16.9. The monoisotopic (exact) mass is 857 g/mol. The molecule has 50 heavy (non-hydrogen) atoms. The molecular formula is C30H53GdN9O10. The Morgan fingerprint density at radius 1 is 0.540 bits per heavy atom. The van der Waals surface area contributed by atoms with Crippen LogP contribution in [0.3, 0.4) is 0 Å². The molecule has 20 heteroatoms. The van der Waals surface area contributed by atoms with Crippen LogP contribution in [0.2, 0.25) is 0 Å². The maximum Gasteiger partial charge on any atom is 0.320 e. The van der Waals surface area contributed by atoms with Gasteiger partial charge in [-0.15, -0.1) is 0 Å². The van der Waals surface area contributed by atoms with Crippen LogP contribution in [0, 0.1) is 39.9 Å². The van der Waals surface area contributed by atoms with Crippen molar-refractivity contribution >= 4 is 35.7 Å². The zero-order valence-electron chi connectivity index (χ0n) is 28.5. The number of nitrogens with two attached hydrogens (primary N) is 1. The molecular weight excluding hydrogens is 804 g/mol. The molecule has 3 heterocycles. The van der Waals surface area contributed by atoms with Gasteiger partial charge in [-0.3, -0.25) is 54.2 Å². The molecule has 0 bridgehead atoms. The summed E-state index contributed by atoms with van der Waals surface area (Å²) >= 11 is 0. The molecule has 2 atom stereocenters. The molecule has 7 N–H and O–H groups in total. The Morgan fingerprint density at radius 3 is 1.28 bits per heavy atom. The number of hydrogen-bond acceptors (Lipinski definition) is 13. The molecule has 0 aromatic rings. The maximum absolute atomic E-state index is 13.0. The number of nitrogens with zero attached hydrogens (tertiary/aromatic N) is 7. The Hall–Kier alpha value is -2.14. The average Bonchev–Trinajstić information content (AvgIpc) is 3.05. The van der Waals surface area contributed by atoms with E-state index < -0.39 is 36.0 Å². The number of carbonyl (C=O) groups excluding carboxylic acids is 2. The van der Waals surface area contributed by atoms with Gasteiger partial charge in [-0.25, -0.2) is 5.01 Å². The van der Waals surface area contributed by atoms with Crippen molar-refractivity contribution in [2.24, 2.45) is 5.84 Å². The van der Waals surface area contributed by atoms with E-state index in [-0.39, 0.29) is 143 Å². The molecule has 0 spiro atoms. The second-order valence-electron chi connectivity index (χ2n) is 12.7. The Morgan fingerprint density at radius 2 is 0.900 bits per heavy atom. The number of hydrogen-bond donors (Lipinski definition) is 6. The Kier molecular flexibility index (Phi) is 20.0. The van der Waals surface area contributed by atoms with Crippen LogP contribution in [0.15, 0.2) is 0 Å². The summed E-state index contributed by atoms with van der Waals surface area (Å²) in [5.41, 5.74) is 0. The summed E-state index contributed by atoms with van der Waals surface area (Å²) in [4.78, 5) is 84.4. The van der Waals surface area contributed by atoms with Crippen molar-refractivity contribution in [3.63, 3.8) is 0 Å². The summed E-state index contributed by atoms with van der Waals surface area (Å²) in [5, 5.41) is 44.5. The summed E-state index contributed by atoms with van der Waals surface area (Å²) in [6.45, 7) is 4.59. The topological polar surface area (TPSA) is 244 Å². The van der Waals surface area contributed by atoms with Gasteiger partial charge in [0.1, 0.15) is 12.1 Å². The molecule has 0 radical (unpaired) electrons. The zero-order chi connectivity index (χ0) is 35.9. The molecule has 3 rings (SSSR count). The molecule has 0 aromatic carbocycles. The van der Waals surface area contributed by atoms with E-state index in [4.69, 9.17) is 5.84 Å². The molecule has 0 aromatic heterocycles. The van der Waals surface area contributed by atoms with Crippen molar-refractivity contribution in [1.82, 2.24) is 39.7 Å². The third-order valence-electron chi connectivity index (χ3n) is 9.38. The van der Waals surface area contributed by atoms with E-state index >= 15 is 0 Å². The SMILES string of the molecule is NN1CCN(C(=O)CCC(C(=O)O)N2CCN(CC(=O)O)CCN(CC(=O)O)CCN(C(CCC(=O)N3CCNCC3)C(=O)O)CC2)CC1.[Gd]. The molecule has 3 saturated heterocycles. The number of amides is 2. The van der Waals surface area contributed by atoms with Gasteiger partial charge in [-0.2, -0.15) is 0 Å². The van der Waals surface area contributed by atoms with Crippen LogP contribution in [0.25, 0.3) is 0 Å². The van der Waals surface area contributed by atoms with Crippen molar-refractivity contribution in [2.45, 2.75) is 37.8 Å². The molecule has 2 unspecified atom stereocenters. The van der Waals surface area contributed by atoms with Crippen LogP contribution in [0.4, 0.5) is 0 Å². The van der Waals surface area contributed by atoms with Gasteiger partial charge in [-0.05, 0) is 12.8 Å². The summed E-state index contributed by atoms with van der Waals surface area (Å²) in [7, 11) is 0. The first-order valence-corrected chi connectivity index (χ1v) is 16.9. The smallest absolute Gasteiger partial charge is 0.320 e. The van der Waals surface area contributed by atoms with Gasteiger partial charge in [0.25, 0.3) is 0 Å². The summed E-state index contributed by atoms with van der Waals surface area (Å²) < 4.78 is 0. The second-order valence-corrected chi connectivity index (χ2v) is 12.7. The number of rotatable bonds is 14. The van der Waals surface area contributed by atoms with E-state index in [9.17, 15) is 49.2 Å². The minimum absolute atomic E-state index is 0. The molecule has 3 fully saturated rings. The molecule has 19 nitrogen and oxygen atoms in total. The number of piperazine rings is 2. The number of nitrogens with one attached hydrogen (secondary N) is 1. The van der Waals surface area contributed by atoms with Gasteiger partial charge in [0.05, 0.1) is 13.1 Å². The predicted molar refractivity (Wildman–Crippen MR) is 174 cm³/mol. The molecule has 286 valence electrons. The number of carboxylic acid groups (broad SMARTS) is 4. The average molecular weight is 857 g/mol. The van der Waals surface area contributed by atoms with Gasteiger partial charge in [0, 0.05) is 157 Å². The second kappa shape index (κ2) is 22.7. The first kappa shape index (κ1) is 44.0. The minimum Gasteiger partial charge on any atom is -0.480 e. The van der Waals surface area contributed by atoms with Crippen LogP contribution in [-0.2, 0) is 28.8 Å². The number of carbonyl (C=O) groups is 6. The standard InChI is InChI=1S/C30H53N9O10.Gd/c31-39-19-17-38(18-20-39)26(41)4-2-24(30(48)49)36-14-12-34(22-28(44)45)10-9-33(21-27(42)43)11-13-35(15-16-36)23(29(46)47)1-3-25(40)37-7-5-32-6-8-37;/h23-24,32H,1-22,31H2,(H,42,43)(H,44,45)(H,46,47)(H,48,49);. The normalized spacial score (nSPS) is 21.2. The van der Waals surface area contributed by atoms with E-state index in [0.29, 0.717) is 52.4 Å². The van der Waals surface area contributed by atoms with Gasteiger partial charge in [0.15, 0.2) is 0 Å². The van der Waals surface area contributed by atoms with Gasteiger partial charge >= 0.3 is 23.9 Å². The van der Waals surface area contributed by atoms with E-state index in [2.05, 4.69) is 5.32 Å². The molecule has 3 aliphatic rings. The van der Waals surface area contributed by atoms with Crippen molar-refractivity contribution in [3.05, 3.63) is 0 Å². The van der Waals surface area contributed by atoms with Crippen molar-refractivity contribution in [3.8, 4) is 0 Å². The molecule has 2 amide bonds. The third-order valence-corrected chi connectivity index (χ3v) is 9.38. The first-order chi connectivity index (χ1) is 23.3. The van der Waals surface area contributed by atoms with E-state index in [1.165, 1.54) is 0 Å². The summed E-state index contributed by atoms with van der Waals surface area (Å²) in [6, 6.07) is -2.21. The van der Waals surface area contributed by atoms with Gasteiger partial charge in [-0.1, -0.05) is 0 Å². The Labute approximate surface area is 324 Å². The number of carboxylic acids is 4. The fourth-order valence-electron chi connectivity index (χ4n) is 6.50. The van der Waals surface area contributed by atoms with Crippen LogP contribution >= 0.6 is 0 Å². The van der Waals surface area contributed by atoms with Crippen molar-refractivity contribution in [1.29, 1.82) is 0 Å². The van der Waals surface area contributed by atoms with Crippen LogP contribution in [0.1, 0.15) is 25.7 Å². The van der Waals surface area contributed by atoms with Gasteiger partial charge < -0.3 is 35.5 Å². The Balaban J connectivity index is 0.00000867. The fourth-order valence-corrected chi connectivity index (χ4v) is 6.50. The summed E-state index contributed by atoms with van der Waals surface area (Å²) in [5.74, 6) is 0.960. The number of aliphatic carboxylic acids is 4. The largest absolute Gasteiger partial charge is 0.480 e. The van der Waals surface area contributed by atoms with Crippen LogP contribution < -0.4 is 11.2 Å². The summed E-state index contributed by atoms with van der Waals surface area (Å²) in [6.07, 6.45) is -0.0325. The van der Waals surface area contributed by atoms with Crippen LogP contribution in [0.5, 0.6) is 0 Å². The quantitative estimate of drug-likeness (QED) is 0.0921. The third kappa shape index (κ3) is 15.2. The van der Waals surface area contributed by atoms with E-state index in [1.54, 1.807) is 34.4 Å². The predicted octanol–water partition coefficient (Wildman–Crippen LogP) is -3.71. The fraction of sp³-hybridized carbons (Fsp3) is 0.800. The van der Waals surface area contributed by atoms with Crippen molar-refractivity contribution in [2.75, 3.05) is 118 Å². The maximum atomic E-state index is 13.0. The van der Waals surface area contributed by atoms with Crippen molar-refractivity contribution < 1.29 is 89.1 Å². The molecule has 3 aliphatic heterocycles.